The zero-order valence-corrected chi connectivity index (χ0v) is 8.60. The summed E-state index contributed by atoms with van der Waals surface area (Å²) in [5.41, 5.74) is 0.278. The molecule has 0 spiro atoms. The zero-order valence-electron chi connectivity index (χ0n) is 8.60. The van der Waals surface area contributed by atoms with Crippen molar-refractivity contribution in [3.8, 4) is 6.07 Å². The molecule has 1 aromatic rings. The first-order chi connectivity index (χ1) is 7.78. The predicted molar refractivity (Wildman–Crippen MR) is 56.4 cm³/mol. The average molecular weight is 217 g/mol. The summed E-state index contributed by atoms with van der Waals surface area (Å²) in [6.45, 7) is 0.130. The second-order valence-corrected chi connectivity index (χ2v) is 3.57. The molecule has 2 N–H and O–H groups in total. The first-order valence-corrected chi connectivity index (χ1v) is 5.04. The molecule has 1 saturated carbocycles. The fourth-order valence-corrected chi connectivity index (χ4v) is 1.17. The van der Waals surface area contributed by atoms with Crippen molar-refractivity contribution in [2.24, 2.45) is 0 Å². The minimum absolute atomic E-state index is 0.0755. The van der Waals surface area contributed by atoms with Crippen LogP contribution < -0.4 is 10.6 Å². The van der Waals surface area contributed by atoms with Gasteiger partial charge in [0.2, 0.25) is 11.9 Å². The highest BCUT2D eigenvalue weighted by Gasteiger charge is 2.22. The number of carbonyl (C=O) groups is 1. The highest BCUT2D eigenvalue weighted by Crippen LogP contribution is 2.18. The maximum absolute atomic E-state index is 11.3. The molecule has 0 radical (unpaired) electrons. The molecule has 1 amide bonds. The number of aromatic nitrogens is 2. The summed E-state index contributed by atoms with van der Waals surface area (Å²) in [7, 11) is 0. The highest BCUT2D eigenvalue weighted by molar-refractivity contribution is 5.80. The monoisotopic (exact) mass is 217 g/mol. The van der Waals surface area contributed by atoms with Crippen molar-refractivity contribution in [3.05, 3.63) is 18.0 Å². The average Bonchev–Trinajstić information content (AvgIpc) is 3.10. The number of nitriles is 1. The summed E-state index contributed by atoms with van der Waals surface area (Å²) in [4.78, 5) is 19.1. The largest absolute Gasteiger partial charge is 0.352 e. The van der Waals surface area contributed by atoms with Crippen molar-refractivity contribution < 1.29 is 4.79 Å². The molecule has 6 nitrogen and oxygen atoms in total. The Bertz CT molecular complexity index is 435. The first-order valence-electron chi connectivity index (χ1n) is 5.04. The highest BCUT2D eigenvalue weighted by atomic mass is 16.2. The number of nitrogens with one attached hydrogen (secondary N) is 2. The topological polar surface area (TPSA) is 90.7 Å². The van der Waals surface area contributed by atoms with Gasteiger partial charge in [-0.1, -0.05) is 0 Å². The van der Waals surface area contributed by atoms with Crippen molar-refractivity contribution in [1.29, 1.82) is 5.26 Å². The van der Waals surface area contributed by atoms with Crippen molar-refractivity contribution in [1.82, 2.24) is 15.3 Å². The van der Waals surface area contributed by atoms with Gasteiger partial charge in [0.25, 0.3) is 0 Å². The summed E-state index contributed by atoms with van der Waals surface area (Å²) in [5.74, 6) is 0.221. The van der Waals surface area contributed by atoms with E-state index < -0.39 is 0 Å². The van der Waals surface area contributed by atoms with Crippen molar-refractivity contribution in [2.75, 3.05) is 11.9 Å². The number of hydrogen-bond donors (Lipinski definition) is 2. The number of amides is 1. The summed E-state index contributed by atoms with van der Waals surface area (Å²) >= 11 is 0. The second kappa shape index (κ2) is 4.57. The number of hydrogen-bond acceptors (Lipinski definition) is 5. The molecule has 82 valence electrons. The number of rotatable bonds is 4. The Balaban J connectivity index is 1.83. The number of carbonyl (C=O) groups excluding carboxylic acids is 1. The molecule has 1 aromatic heterocycles. The molecule has 0 unspecified atom stereocenters. The molecule has 0 saturated heterocycles. The molecule has 6 heteroatoms. The maximum atomic E-state index is 11.3. The van der Waals surface area contributed by atoms with Crippen LogP contribution >= 0.6 is 0 Å². The molecule has 1 heterocycles. The lowest BCUT2D eigenvalue weighted by atomic mass is 10.4. The van der Waals surface area contributed by atoms with Crippen LogP contribution in [-0.2, 0) is 4.79 Å². The molecule has 2 rings (SSSR count). The van der Waals surface area contributed by atoms with E-state index in [2.05, 4.69) is 20.6 Å². The van der Waals surface area contributed by atoms with Gasteiger partial charge in [-0.05, 0) is 18.9 Å². The van der Waals surface area contributed by atoms with Crippen molar-refractivity contribution in [3.63, 3.8) is 0 Å². The Hall–Kier alpha value is -2.16. The van der Waals surface area contributed by atoms with E-state index in [1.807, 2.05) is 6.07 Å². The second-order valence-electron chi connectivity index (χ2n) is 3.57. The first kappa shape index (κ1) is 10.4. The lowest BCUT2D eigenvalue weighted by molar-refractivity contribution is -0.119. The molecular weight excluding hydrogens is 206 g/mol. The van der Waals surface area contributed by atoms with E-state index >= 15 is 0 Å². The van der Waals surface area contributed by atoms with Crippen LogP contribution in [0.4, 0.5) is 5.95 Å². The van der Waals surface area contributed by atoms with Gasteiger partial charge < -0.3 is 10.6 Å². The Morgan fingerprint density at radius 2 is 2.44 bits per heavy atom. The lowest BCUT2D eigenvalue weighted by Crippen LogP contribution is -2.31. The van der Waals surface area contributed by atoms with E-state index in [-0.39, 0.29) is 18.1 Å². The third-order valence-corrected chi connectivity index (χ3v) is 2.12. The summed E-state index contributed by atoms with van der Waals surface area (Å²) in [5, 5.41) is 14.2. The van der Waals surface area contributed by atoms with Gasteiger partial charge in [0.15, 0.2) is 0 Å². The summed E-state index contributed by atoms with van der Waals surface area (Å²) in [6.07, 6.45) is 3.60. The predicted octanol–water partition coefficient (Wildman–Crippen LogP) is 0.0388. The SMILES string of the molecule is N#Cc1ccnc(NCC(=O)NC2CC2)n1. The van der Waals surface area contributed by atoms with Gasteiger partial charge in [0.1, 0.15) is 11.8 Å². The van der Waals surface area contributed by atoms with Crippen molar-refractivity contribution in [2.45, 2.75) is 18.9 Å². The van der Waals surface area contributed by atoms with Gasteiger partial charge >= 0.3 is 0 Å². The summed E-state index contributed by atoms with van der Waals surface area (Å²) in [6, 6.07) is 3.76. The van der Waals surface area contributed by atoms with Gasteiger partial charge in [0.05, 0.1) is 6.54 Å². The fourth-order valence-electron chi connectivity index (χ4n) is 1.17. The summed E-state index contributed by atoms with van der Waals surface area (Å²) < 4.78 is 0. The Morgan fingerprint density at radius 3 is 3.12 bits per heavy atom. The van der Waals surface area contributed by atoms with Crippen LogP contribution in [0.2, 0.25) is 0 Å². The van der Waals surface area contributed by atoms with Gasteiger partial charge in [0, 0.05) is 12.2 Å². The molecular formula is C10H11N5O. The van der Waals surface area contributed by atoms with Gasteiger partial charge in [-0.3, -0.25) is 4.79 Å². The van der Waals surface area contributed by atoms with Crippen LogP contribution in [0.15, 0.2) is 12.3 Å². The van der Waals surface area contributed by atoms with Crippen LogP contribution in [0, 0.1) is 11.3 Å². The van der Waals surface area contributed by atoms with Gasteiger partial charge in [-0.25, -0.2) is 9.97 Å². The van der Waals surface area contributed by atoms with E-state index in [0.29, 0.717) is 12.0 Å². The molecule has 0 aromatic carbocycles. The molecule has 16 heavy (non-hydrogen) atoms. The molecule has 0 aliphatic heterocycles. The van der Waals surface area contributed by atoms with Crippen LogP contribution in [0.25, 0.3) is 0 Å². The van der Waals surface area contributed by atoms with Crippen LogP contribution in [0.3, 0.4) is 0 Å². The lowest BCUT2D eigenvalue weighted by Gasteiger charge is -2.04. The quantitative estimate of drug-likeness (QED) is 0.743. The van der Waals surface area contributed by atoms with Gasteiger partial charge in [-0.15, -0.1) is 0 Å². The molecule has 1 aliphatic carbocycles. The van der Waals surface area contributed by atoms with Crippen LogP contribution in [-0.4, -0.2) is 28.5 Å². The minimum Gasteiger partial charge on any atom is -0.352 e. The van der Waals surface area contributed by atoms with E-state index in [1.54, 1.807) is 0 Å². The standard InChI is InChI=1S/C10H11N5O/c11-5-8-3-4-12-10(15-8)13-6-9(16)14-7-1-2-7/h3-4,7H,1-2,6H2,(H,14,16)(H,12,13,15). The molecule has 0 atom stereocenters. The molecule has 0 bridgehead atoms. The van der Waals surface area contributed by atoms with E-state index in [0.717, 1.165) is 12.8 Å². The number of anilines is 1. The number of nitrogens with zero attached hydrogens (tertiary/aromatic N) is 3. The Morgan fingerprint density at radius 1 is 1.62 bits per heavy atom. The maximum Gasteiger partial charge on any atom is 0.239 e. The van der Waals surface area contributed by atoms with Crippen LogP contribution in [0.5, 0.6) is 0 Å². The normalized spacial score (nSPS) is 13.9. The third kappa shape index (κ3) is 2.92. The van der Waals surface area contributed by atoms with E-state index in [9.17, 15) is 4.79 Å². The Labute approximate surface area is 92.7 Å². The molecule has 1 aliphatic rings. The zero-order chi connectivity index (χ0) is 11.4. The Kier molecular flexibility index (Phi) is 2.96. The van der Waals surface area contributed by atoms with E-state index in [1.165, 1.54) is 12.3 Å². The fraction of sp³-hybridized carbons (Fsp3) is 0.400. The minimum atomic E-state index is -0.0755. The van der Waals surface area contributed by atoms with Gasteiger partial charge in [-0.2, -0.15) is 5.26 Å². The van der Waals surface area contributed by atoms with Crippen molar-refractivity contribution >= 4 is 11.9 Å². The molecule has 1 fully saturated rings. The third-order valence-electron chi connectivity index (χ3n) is 2.12. The van der Waals surface area contributed by atoms with E-state index in [4.69, 9.17) is 5.26 Å². The van der Waals surface area contributed by atoms with Crippen LogP contribution in [0.1, 0.15) is 18.5 Å². The smallest absolute Gasteiger partial charge is 0.239 e.